The van der Waals surface area contributed by atoms with Crippen LogP contribution >= 0.6 is 11.3 Å². The topological polar surface area (TPSA) is 86.8 Å². The molecule has 0 bridgehead atoms. The normalized spacial score (nSPS) is 17.2. The number of para-hydroxylation sites is 1. The van der Waals surface area contributed by atoms with Gasteiger partial charge in [0, 0.05) is 19.3 Å². The summed E-state index contributed by atoms with van der Waals surface area (Å²) in [5, 5.41) is 6.83. The van der Waals surface area contributed by atoms with Crippen LogP contribution in [-0.4, -0.2) is 48.5 Å². The molecule has 8 nitrogen and oxygen atoms in total. The fourth-order valence-corrected chi connectivity index (χ4v) is 6.10. The molecule has 0 aliphatic carbocycles. The third-order valence-electron chi connectivity index (χ3n) is 6.88. The molecular formula is C28H27N5O3S. The van der Waals surface area contributed by atoms with Gasteiger partial charge in [0.25, 0.3) is 5.91 Å². The Labute approximate surface area is 218 Å². The molecule has 1 unspecified atom stereocenters. The summed E-state index contributed by atoms with van der Waals surface area (Å²) in [5.41, 5.74) is 2.86. The van der Waals surface area contributed by atoms with Crippen molar-refractivity contribution in [1.82, 2.24) is 15.2 Å². The zero-order valence-electron chi connectivity index (χ0n) is 20.7. The van der Waals surface area contributed by atoms with E-state index in [-0.39, 0.29) is 11.9 Å². The summed E-state index contributed by atoms with van der Waals surface area (Å²) >= 11 is 1.31. The van der Waals surface area contributed by atoms with Crippen LogP contribution in [0.25, 0.3) is 10.2 Å². The summed E-state index contributed by atoms with van der Waals surface area (Å²) in [7, 11) is 2.10. The molecule has 2 aliphatic heterocycles. The second-order valence-corrected chi connectivity index (χ2v) is 10.6. The molecular weight excluding hydrogens is 486 g/mol. The summed E-state index contributed by atoms with van der Waals surface area (Å²) in [6.07, 6.45) is 2.75. The van der Waals surface area contributed by atoms with Gasteiger partial charge < -0.3 is 20.3 Å². The van der Waals surface area contributed by atoms with Crippen molar-refractivity contribution >= 4 is 50.6 Å². The number of hydrogen-bond donors (Lipinski definition) is 2. The van der Waals surface area contributed by atoms with Gasteiger partial charge >= 0.3 is 6.03 Å². The van der Waals surface area contributed by atoms with Crippen molar-refractivity contribution in [1.29, 1.82) is 0 Å². The van der Waals surface area contributed by atoms with Gasteiger partial charge in [-0.05, 0) is 74.8 Å². The Morgan fingerprint density at radius 1 is 1.16 bits per heavy atom. The zero-order valence-corrected chi connectivity index (χ0v) is 21.5. The van der Waals surface area contributed by atoms with E-state index in [0.29, 0.717) is 39.3 Å². The van der Waals surface area contributed by atoms with Gasteiger partial charge in [0.1, 0.15) is 21.2 Å². The smallest absolute Gasteiger partial charge is 0.331 e. The summed E-state index contributed by atoms with van der Waals surface area (Å²) in [6, 6.07) is 16.7. The van der Waals surface area contributed by atoms with Crippen LogP contribution in [0.15, 0.2) is 60.8 Å². The maximum absolute atomic E-state index is 13.4. The van der Waals surface area contributed by atoms with Crippen molar-refractivity contribution in [3.05, 3.63) is 71.2 Å². The van der Waals surface area contributed by atoms with E-state index >= 15 is 0 Å². The van der Waals surface area contributed by atoms with Crippen molar-refractivity contribution in [3.63, 3.8) is 0 Å². The predicted molar refractivity (Wildman–Crippen MR) is 146 cm³/mol. The Morgan fingerprint density at radius 3 is 2.76 bits per heavy atom. The van der Waals surface area contributed by atoms with E-state index in [1.807, 2.05) is 61.5 Å². The van der Waals surface area contributed by atoms with Crippen LogP contribution in [0, 0.1) is 12.8 Å². The monoisotopic (exact) mass is 513 g/mol. The molecule has 3 amide bonds. The van der Waals surface area contributed by atoms with Gasteiger partial charge in [0.2, 0.25) is 0 Å². The highest BCUT2D eigenvalue weighted by molar-refractivity contribution is 7.21. The maximum Gasteiger partial charge on any atom is 0.331 e. The molecule has 1 atom stereocenters. The van der Waals surface area contributed by atoms with Crippen LogP contribution in [0.4, 0.5) is 21.9 Å². The van der Waals surface area contributed by atoms with E-state index in [0.717, 1.165) is 41.9 Å². The largest absolute Gasteiger partial charge is 0.457 e. The van der Waals surface area contributed by atoms with Crippen LogP contribution in [0.1, 0.15) is 21.7 Å². The van der Waals surface area contributed by atoms with E-state index in [2.05, 4.69) is 27.6 Å². The number of rotatable bonds is 6. The number of urea groups is 1. The average Bonchev–Trinajstić information content (AvgIpc) is 3.48. The number of likely N-dealkylation sites (tertiary alicyclic amines) is 1. The molecule has 2 aromatic heterocycles. The fourth-order valence-electron chi connectivity index (χ4n) is 5.06. The first-order valence-corrected chi connectivity index (χ1v) is 13.1. The van der Waals surface area contributed by atoms with E-state index in [1.54, 1.807) is 11.1 Å². The Bertz CT molecular complexity index is 1500. The van der Waals surface area contributed by atoms with Gasteiger partial charge in [-0.1, -0.05) is 18.2 Å². The minimum Gasteiger partial charge on any atom is -0.457 e. The molecule has 1 saturated heterocycles. The first kappa shape index (κ1) is 23.4. The number of benzene rings is 2. The minimum atomic E-state index is -0.315. The maximum atomic E-state index is 13.4. The molecule has 2 N–H and O–H groups in total. The Kier molecular flexibility index (Phi) is 6.02. The summed E-state index contributed by atoms with van der Waals surface area (Å²) in [5.74, 6) is 1.70. The van der Waals surface area contributed by atoms with Gasteiger partial charge in [-0.15, -0.1) is 11.3 Å². The van der Waals surface area contributed by atoms with Crippen LogP contribution in [0.3, 0.4) is 0 Å². The number of hydrogen-bond acceptors (Lipinski definition) is 6. The number of aryl methyl sites for hydroxylation is 1. The lowest BCUT2D eigenvalue weighted by Gasteiger charge is -2.29. The molecule has 4 aromatic rings. The zero-order chi connectivity index (χ0) is 25.5. The number of nitrogens with one attached hydrogen (secondary N) is 2. The molecule has 1 fully saturated rings. The minimum absolute atomic E-state index is 0.175. The number of nitrogens with zero attached hydrogens (tertiary/aromatic N) is 3. The highest BCUT2D eigenvalue weighted by atomic mass is 32.1. The van der Waals surface area contributed by atoms with Crippen molar-refractivity contribution in [2.24, 2.45) is 5.92 Å². The van der Waals surface area contributed by atoms with Gasteiger partial charge in [-0.3, -0.25) is 9.69 Å². The van der Waals surface area contributed by atoms with Crippen molar-refractivity contribution in [3.8, 4) is 11.5 Å². The highest BCUT2D eigenvalue weighted by Crippen LogP contribution is 2.46. The van der Waals surface area contributed by atoms with E-state index in [1.165, 1.54) is 11.3 Å². The third-order valence-corrected chi connectivity index (χ3v) is 7.98. The van der Waals surface area contributed by atoms with Crippen LogP contribution in [-0.2, 0) is 0 Å². The quantitative estimate of drug-likeness (QED) is 0.342. The number of anilines is 3. The van der Waals surface area contributed by atoms with Crippen molar-refractivity contribution in [2.75, 3.05) is 36.9 Å². The molecule has 2 aliphatic rings. The van der Waals surface area contributed by atoms with Gasteiger partial charge in [0.15, 0.2) is 0 Å². The molecule has 2 aromatic carbocycles. The van der Waals surface area contributed by atoms with Crippen molar-refractivity contribution < 1.29 is 14.3 Å². The number of amides is 3. The van der Waals surface area contributed by atoms with E-state index in [4.69, 9.17) is 4.74 Å². The number of thiophene rings is 1. The summed E-state index contributed by atoms with van der Waals surface area (Å²) < 4.78 is 5.96. The lowest BCUT2D eigenvalue weighted by atomic mass is 10.1. The first-order valence-electron chi connectivity index (χ1n) is 12.3. The predicted octanol–water partition coefficient (Wildman–Crippen LogP) is 5.76. The molecule has 9 heteroatoms. The Morgan fingerprint density at radius 2 is 2.00 bits per heavy atom. The van der Waals surface area contributed by atoms with Gasteiger partial charge in [0.05, 0.1) is 22.4 Å². The number of aromatic nitrogens is 1. The standard InChI is InChI=1S/C28H27N5O3S/c1-17-14-20(36-19-6-4-3-5-7-19)8-9-21(17)33-22-10-12-29-27-23(22)24(31-28(33)35)25(37-27)26(34)30-15-18-11-13-32(2)16-18/h3-10,12,14,18H,11,13,15-16H2,1-2H3,(H,30,34)(H,31,35). The number of carbonyl (C=O) groups is 2. The molecule has 0 radical (unpaired) electrons. The van der Waals surface area contributed by atoms with Gasteiger partial charge in [-0.2, -0.15) is 0 Å². The van der Waals surface area contributed by atoms with Crippen molar-refractivity contribution in [2.45, 2.75) is 13.3 Å². The Hall–Kier alpha value is -3.95. The molecule has 6 rings (SSSR count). The number of pyridine rings is 1. The Balaban J connectivity index is 1.30. The number of carbonyl (C=O) groups excluding carboxylic acids is 2. The third kappa shape index (κ3) is 4.41. The van der Waals surface area contributed by atoms with E-state index < -0.39 is 0 Å². The summed E-state index contributed by atoms with van der Waals surface area (Å²) in [4.78, 5) is 36.2. The second kappa shape index (κ2) is 9.49. The summed E-state index contributed by atoms with van der Waals surface area (Å²) in [6.45, 7) is 4.59. The molecule has 37 heavy (non-hydrogen) atoms. The van der Waals surface area contributed by atoms with Crippen LogP contribution in [0.2, 0.25) is 0 Å². The molecule has 4 heterocycles. The van der Waals surface area contributed by atoms with E-state index in [9.17, 15) is 9.59 Å². The van der Waals surface area contributed by atoms with Gasteiger partial charge in [-0.25, -0.2) is 9.78 Å². The average molecular weight is 514 g/mol. The molecule has 188 valence electrons. The molecule has 0 spiro atoms. The highest BCUT2D eigenvalue weighted by Gasteiger charge is 2.33. The first-order chi connectivity index (χ1) is 18.0. The van der Waals surface area contributed by atoms with Crippen LogP contribution < -0.4 is 20.3 Å². The second-order valence-electron chi connectivity index (χ2n) is 9.57. The van der Waals surface area contributed by atoms with Crippen LogP contribution in [0.5, 0.6) is 11.5 Å². The molecule has 0 saturated carbocycles. The SMILES string of the molecule is Cc1cc(Oc2ccccc2)ccc1N1C(=O)Nc2c(C(=O)NCC3CCN(C)C3)sc3nccc1c23. The fraction of sp³-hybridized carbons (Fsp3) is 0.250. The lowest BCUT2D eigenvalue weighted by molar-refractivity contribution is 0.0952. The number of ether oxygens (including phenoxy) is 1. The lowest BCUT2D eigenvalue weighted by Crippen LogP contribution is -2.35.